The number of ether oxygens (including phenoxy) is 2. The van der Waals surface area contributed by atoms with Gasteiger partial charge in [-0.25, -0.2) is 0 Å². The quantitative estimate of drug-likeness (QED) is 0.680. The first-order valence-corrected chi connectivity index (χ1v) is 7.72. The van der Waals surface area contributed by atoms with E-state index in [0.29, 0.717) is 19.8 Å². The maximum absolute atomic E-state index is 5.93. The average Bonchev–Trinajstić information content (AvgIpc) is 2.93. The zero-order valence-electron chi connectivity index (χ0n) is 12.9. The van der Waals surface area contributed by atoms with Crippen LogP contribution in [0.5, 0.6) is 0 Å². The number of rotatable bonds is 10. The normalized spacial score (nSPS) is 12.9. The van der Waals surface area contributed by atoms with Gasteiger partial charge in [-0.3, -0.25) is 0 Å². The van der Waals surface area contributed by atoms with Gasteiger partial charge in [-0.15, -0.1) is 0 Å². The maximum Gasteiger partial charge on any atom is 0.134 e. The third-order valence-corrected chi connectivity index (χ3v) is 3.29. The molecule has 0 saturated heterocycles. The highest BCUT2D eigenvalue weighted by atomic mass is 16.5. The van der Waals surface area contributed by atoms with Crippen molar-refractivity contribution in [1.82, 2.24) is 5.32 Å². The standard InChI is InChI=1S/C17H25NO3/c1-3-9-18-15(13-20-11-10-19-4-2)17-12-14-7-5-6-8-16(14)21-17/h5-8,12,15,18H,3-4,9-11,13H2,1-2H3. The fourth-order valence-electron chi connectivity index (χ4n) is 2.20. The van der Waals surface area contributed by atoms with Crippen LogP contribution in [0.1, 0.15) is 32.1 Å². The van der Waals surface area contributed by atoms with Crippen molar-refractivity contribution in [1.29, 1.82) is 0 Å². The van der Waals surface area contributed by atoms with Crippen molar-refractivity contribution in [3.63, 3.8) is 0 Å². The summed E-state index contributed by atoms with van der Waals surface area (Å²) in [6.45, 7) is 7.64. The molecular weight excluding hydrogens is 266 g/mol. The Morgan fingerprint density at radius 1 is 1.14 bits per heavy atom. The van der Waals surface area contributed by atoms with E-state index in [2.05, 4.69) is 24.4 Å². The molecule has 1 unspecified atom stereocenters. The smallest absolute Gasteiger partial charge is 0.134 e. The van der Waals surface area contributed by atoms with Gasteiger partial charge in [0.1, 0.15) is 11.3 Å². The van der Waals surface area contributed by atoms with E-state index in [-0.39, 0.29) is 6.04 Å². The minimum absolute atomic E-state index is 0.0824. The average molecular weight is 291 g/mol. The van der Waals surface area contributed by atoms with Crippen molar-refractivity contribution in [3.8, 4) is 0 Å². The second-order valence-corrected chi connectivity index (χ2v) is 4.97. The second kappa shape index (κ2) is 8.82. The predicted molar refractivity (Wildman–Crippen MR) is 84.6 cm³/mol. The topological polar surface area (TPSA) is 43.6 Å². The van der Waals surface area contributed by atoms with Gasteiger partial charge in [-0.05, 0) is 32.0 Å². The summed E-state index contributed by atoms with van der Waals surface area (Å²) in [7, 11) is 0. The van der Waals surface area contributed by atoms with Crippen molar-refractivity contribution in [2.24, 2.45) is 0 Å². The highest BCUT2D eigenvalue weighted by Crippen LogP contribution is 2.24. The van der Waals surface area contributed by atoms with Crippen molar-refractivity contribution in [3.05, 3.63) is 36.1 Å². The molecule has 2 rings (SSSR count). The van der Waals surface area contributed by atoms with Crippen molar-refractivity contribution in [2.75, 3.05) is 33.0 Å². The molecule has 1 atom stereocenters. The van der Waals surface area contributed by atoms with Crippen LogP contribution >= 0.6 is 0 Å². The predicted octanol–water partition coefficient (Wildman–Crippen LogP) is 3.53. The van der Waals surface area contributed by atoms with Gasteiger partial charge < -0.3 is 19.2 Å². The summed E-state index contributed by atoms with van der Waals surface area (Å²) in [4.78, 5) is 0. The van der Waals surface area contributed by atoms with E-state index < -0.39 is 0 Å². The van der Waals surface area contributed by atoms with Gasteiger partial charge in [-0.1, -0.05) is 25.1 Å². The molecule has 0 saturated carbocycles. The van der Waals surface area contributed by atoms with Crippen LogP contribution in [-0.2, 0) is 9.47 Å². The lowest BCUT2D eigenvalue weighted by molar-refractivity contribution is 0.0411. The van der Waals surface area contributed by atoms with Gasteiger partial charge in [0.2, 0.25) is 0 Å². The van der Waals surface area contributed by atoms with E-state index in [1.54, 1.807) is 0 Å². The monoisotopic (exact) mass is 291 g/mol. The van der Waals surface area contributed by atoms with Gasteiger partial charge in [-0.2, -0.15) is 0 Å². The van der Waals surface area contributed by atoms with Crippen LogP contribution in [0.3, 0.4) is 0 Å². The molecule has 116 valence electrons. The number of hydrogen-bond acceptors (Lipinski definition) is 4. The summed E-state index contributed by atoms with van der Waals surface area (Å²) >= 11 is 0. The fraction of sp³-hybridized carbons (Fsp3) is 0.529. The van der Waals surface area contributed by atoms with Crippen LogP contribution in [0, 0.1) is 0 Å². The molecule has 1 aromatic heterocycles. The molecular formula is C17H25NO3. The summed E-state index contributed by atoms with van der Waals surface area (Å²) < 4.78 is 16.9. The number of para-hydroxylation sites is 1. The molecule has 21 heavy (non-hydrogen) atoms. The molecule has 0 aliphatic rings. The lowest BCUT2D eigenvalue weighted by Crippen LogP contribution is -2.26. The van der Waals surface area contributed by atoms with Crippen LogP contribution in [0.4, 0.5) is 0 Å². The Morgan fingerprint density at radius 2 is 1.95 bits per heavy atom. The number of nitrogens with one attached hydrogen (secondary N) is 1. The molecule has 1 N–H and O–H groups in total. The van der Waals surface area contributed by atoms with Gasteiger partial charge in [0.25, 0.3) is 0 Å². The Bertz CT molecular complexity index is 490. The van der Waals surface area contributed by atoms with Crippen molar-refractivity contribution >= 4 is 11.0 Å². The molecule has 0 fully saturated rings. The number of furan rings is 1. The molecule has 1 aromatic carbocycles. The Morgan fingerprint density at radius 3 is 2.71 bits per heavy atom. The first kappa shape index (κ1) is 16.0. The summed E-state index contributed by atoms with van der Waals surface area (Å²) in [5.41, 5.74) is 0.921. The Hall–Kier alpha value is -1.36. The highest BCUT2D eigenvalue weighted by molar-refractivity contribution is 5.77. The number of hydrogen-bond donors (Lipinski definition) is 1. The molecule has 0 amide bonds. The molecule has 4 heteroatoms. The molecule has 0 bridgehead atoms. The van der Waals surface area contributed by atoms with Gasteiger partial charge in [0.15, 0.2) is 0 Å². The largest absolute Gasteiger partial charge is 0.459 e. The van der Waals surface area contributed by atoms with Crippen molar-refractivity contribution in [2.45, 2.75) is 26.3 Å². The molecule has 0 spiro atoms. The first-order chi connectivity index (χ1) is 10.3. The van der Waals surface area contributed by atoms with E-state index in [4.69, 9.17) is 13.9 Å². The Labute approximate surface area is 126 Å². The fourth-order valence-corrected chi connectivity index (χ4v) is 2.20. The minimum atomic E-state index is 0.0824. The number of benzene rings is 1. The number of fused-ring (bicyclic) bond motifs is 1. The third-order valence-electron chi connectivity index (χ3n) is 3.29. The third kappa shape index (κ3) is 4.84. The zero-order valence-corrected chi connectivity index (χ0v) is 12.9. The van der Waals surface area contributed by atoms with E-state index in [1.165, 1.54) is 0 Å². The Balaban J connectivity index is 1.97. The minimum Gasteiger partial charge on any atom is -0.459 e. The van der Waals surface area contributed by atoms with E-state index in [9.17, 15) is 0 Å². The molecule has 4 nitrogen and oxygen atoms in total. The molecule has 0 radical (unpaired) electrons. The molecule has 2 aromatic rings. The van der Waals surface area contributed by atoms with Gasteiger partial charge >= 0.3 is 0 Å². The summed E-state index contributed by atoms with van der Waals surface area (Å²) in [6.07, 6.45) is 1.08. The second-order valence-electron chi connectivity index (χ2n) is 4.97. The van der Waals surface area contributed by atoms with Crippen molar-refractivity contribution < 1.29 is 13.9 Å². The molecule has 0 aliphatic carbocycles. The lowest BCUT2D eigenvalue weighted by Gasteiger charge is -2.16. The molecule has 1 heterocycles. The van der Waals surface area contributed by atoms with E-state index in [1.807, 2.05) is 25.1 Å². The first-order valence-electron chi connectivity index (χ1n) is 7.72. The van der Waals surface area contributed by atoms with Gasteiger partial charge in [0.05, 0.1) is 25.9 Å². The maximum atomic E-state index is 5.93. The summed E-state index contributed by atoms with van der Waals surface area (Å²) in [6, 6.07) is 10.2. The van der Waals surface area contributed by atoms with E-state index >= 15 is 0 Å². The summed E-state index contributed by atoms with van der Waals surface area (Å²) in [5.74, 6) is 0.932. The lowest BCUT2D eigenvalue weighted by atomic mass is 10.2. The van der Waals surface area contributed by atoms with Gasteiger partial charge in [0, 0.05) is 12.0 Å². The van der Waals surface area contributed by atoms with Crippen LogP contribution in [0.2, 0.25) is 0 Å². The van der Waals surface area contributed by atoms with Crippen LogP contribution in [0.15, 0.2) is 34.7 Å². The van der Waals surface area contributed by atoms with Crippen LogP contribution in [0.25, 0.3) is 11.0 Å². The Kier molecular flexibility index (Phi) is 6.73. The SMILES string of the molecule is CCCNC(COCCOCC)c1cc2ccccc2o1. The highest BCUT2D eigenvalue weighted by Gasteiger charge is 2.15. The molecule has 0 aliphatic heterocycles. The summed E-state index contributed by atoms with van der Waals surface area (Å²) in [5, 5.41) is 4.61. The van der Waals surface area contributed by atoms with Crippen LogP contribution in [-0.4, -0.2) is 33.0 Å². The van der Waals surface area contributed by atoms with E-state index in [0.717, 1.165) is 36.3 Å². The van der Waals surface area contributed by atoms with Crippen LogP contribution < -0.4 is 5.32 Å². The zero-order chi connectivity index (χ0) is 14.9.